The quantitative estimate of drug-likeness (QED) is 0.414. The maximum atomic E-state index is 11.2. The van der Waals surface area contributed by atoms with Crippen molar-refractivity contribution in [1.29, 1.82) is 0 Å². The first kappa shape index (κ1) is 12.8. The standard InChI is InChI=1S/C9H8N6O3S/c10-5-2-1-4(15(17)18)8(12-5)19-9-13-6(11)3-7(16)14-9/h1-3H,(H2,10,12)(H3,11,13,14,16). The Kier molecular flexibility index (Phi) is 3.33. The van der Waals surface area contributed by atoms with Crippen LogP contribution in [0.2, 0.25) is 0 Å². The molecule has 0 aromatic carbocycles. The van der Waals surface area contributed by atoms with Crippen molar-refractivity contribution in [2.24, 2.45) is 0 Å². The molecule has 0 saturated carbocycles. The van der Waals surface area contributed by atoms with Crippen molar-refractivity contribution in [3.8, 4) is 0 Å². The van der Waals surface area contributed by atoms with E-state index in [2.05, 4.69) is 15.0 Å². The summed E-state index contributed by atoms with van der Waals surface area (Å²) in [6, 6.07) is 3.65. The molecule has 0 spiro atoms. The van der Waals surface area contributed by atoms with Gasteiger partial charge in [-0.25, -0.2) is 9.97 Å². The zero-order valence-electron chi connectivity index (χ0n) is 9.36. The van der Waals surface area contributed by atoms with Crippen LogP contribution in [-0.2, 0) is 0 Å². The number of rotatable bonds is 3. The van der Waals surface area contributed by atoms with Crippen molar-refractivity contribution >= 4 is 29.1 Å². The molecule has 2 rings (SSSR count). The van der Waals surface area contributed by atoms with E-state index in [-0.39, 0.29) is 27.5 Å². The van der Waals surface area contributed by atoms with E-state index in [1.807, 2.05) is 0 Å². The summed E-state index contributed by atoms with van der Waals surface area (Å²) in [5.41, 5.74) is 10.2. The van der Waals surface area contributed by atoms with Crippen LogP contribution in [0.15, 0.2) is 33.2 Å². The van der Waals surface area contributed by atoms with Crippen LogP contribution in [0.4, 0.5) is 17.3 Å². The summed E-state index contributed by atoms with van der Waals surface area (Å²) in [7, 11) is 0. The zero-order valence-corrected chi connectivity index (χ0v) is 10.2. The number of nitro groups is 1. The molecule has 0 aliphatic heterocycles. The Morgan fingerprint density at radius 1 is 1.26 bits per heavy atom. The van der Waals surface area contributed by atoms with Gasteiger partial charge in [0.1, 0.15) is 11.6 Å². The molecule has 0 saturated heterocycles. The van der Waals surface area contributed by atoms with Gasteiger partial charge in [0.05, 0.1) is 4.92 Å². The molecule has 5 N–H and O–H groups in total. The van der Waals surface area contributed by atoms with E-state index in [1.165, 1.54) is 12.1 Å². The predicted octanol–water partition coefficient (Wildman–Crippen LogP) is 0.389. The summed E-state index contributed by atoms with van der Waals surface area (Å²) in [6.45, 7) is 0. The third-order valence-electron chi connectivity index (χ3n) is 1.99. The molecule has 0 amide bonds. The molecule has 98 valence electrons. The molecule has 0 bridgehead atoms. The molecule has 0 aliphatic rings. The van der Waals surface area contributed by atoms with Crippen LogP contribution < -0.4 is 17.0 Å². The van der Waals surface area contributed by atoms with Crippen molar-refractivity contribution in [2.45, 2.75) is 10.2 Å². The molecule has 2 aromatic rings. The Morgan fingerprint density at radius 2 is 2.00 bits per heavy atom. The lowest BCUT2D eigenvalue weighted by Gasteiger charge is -2.02. The molecular formula is C9H8N6O3S. The van der Waals surface area contributed by atoms with Crippen LogP contribution in [0, 0.1) is 10.1 Å². The highest BCUT2D eigenvalue weighted by atomic mass is 32.2. The summed E-state index contributed by atoms with van der Waals surface area (Å²) < 4.78 is 0. The van der Waals surface area contributed by atoms with Crippen molar-refractivity contribution in [3.05, 3.63) is 38.7 Å². The predicted molar refractivity (Wildman–Crippen MR) is 68.7 cm³/mol. The first-order chi connectivity index (χ1) is 8.95. The van der Waals surface area contributed by atoms with E-state index >= 15 is 0 Å². The van der Waals surface area contributed by atoms with Gasteiger partial charge in [0.2, 0.25) is 0 Å². The van der Waals surface area contributed by atoms with E-state index in [0.717, 1.165) is 17.8 Å². The van der Waals surface area contributed by atoms with Gasteiger partial charge in [0, 0.05) is 12.1 Å². The molecule has 2 aromatic heterocycles. The number of nitrogens with one attached hydrogen (secondary N) is 1. The largest absolute Gasteiger partial charge is 0.384 e. The number of anilines is 2. The van der Waals surface area contributed by atoms with Crippen LogP contribution in [0.5, 0.6) is 0 Å². The lowest BCUT2D eigenvalue weighted by Crippen LogP contribution is -2.09. The fourth-order valence-electron chi connectivity index (χ4n) is 1.25. The van der Waals surface area contributed by atoms with Crippen LogP contribution in [0.1, 0.15) is 0 Å². The van der Waals surface area contributed by atoms with Crippen molar-refractivity contribution in [1.82, 2.24) is 15.0 Å². The average Bonchev–Trinajstić information content (AvgIpc) is 2.26. The van der Waals surface area contributed by atoms with Crippen LogP contribution >= 0.6 is 11.8 Å². The minimum absolute atomic E-state index is 0.0119. The molecule has 0 atom stereocenters. The minimum atomic E-state index is -0.598. The third kappa shape index (κ3) is 2.98. The molecular weight excluding hydrogens is 272 g/mol. The third-order valence-corrected chi connectivity index (χ3v) is 2.87. The van der Waals surface area contributed by atoms with Gasteiger partial charge < -0.3 is 16.5 Å². The van der Waals surface area contributed by atoms with Gasteiger partial charge in [0.25, 0.3) is 5.56 Å². The zero-order chi connectivity index (χ0) is 14.0. The molecule has 19 heavy (non-hydrogen) atoms. The first-order valence-corrected chi connectivity index (χ1v) is 5.73. The molecule has 2 heterocycles. The summed E-state index contributed by atoms with van der Waals surface area (Å²) in [5, 5.41) is 11.0. The van der Waals surface area contributed by atoms with E-state index in [1.54, 1.807) is 0 Å². The van der Waals surface area contributed by atoms with E-state index in [9.17, 15) is 14.9 Å². The molecule has 10 heteroatoms. The maximum Gasteiger partial charge on any atom is 0.301 e. The fourth-order valence-corrected chi connectivity index (χ4v) is 2.14. The lowest BCUT2D eigenvalue weighted by atomic mass is 10.4. The van der Waals surface area contributed by atoms with Crippen molar-refractivity contribution < 1.29 is 4.92 Å². The van der Waals surface area contributed by atoms with Crippen molar-refractivity contribution in [2.75, 3.05) is 11.5 Å². The smallest absolute Gasteiger partial charge is 0.301 e. The summed E-state index contributed by atoms with van der Waals surface area (Å²) in [5.74, 6) is 0.136. The Hall–Kier alpha value is -2.62. The van der Waals surface area contributed by atoms with E-state index in [4.69, 9.17) is 11.5 Å². The topological polar surface area (TPSA) is 154 Å². The normalized spacial score (nSPS) is 10.3. The summed E-state index contributed by atoms with van der Waals surface area (Å²) in [6.07, 6.45) is 0. The minimum Gasteiger partial charge on any atom is -0.384 e. The monoisotopic (exact) mass is 280 g/mol. The first-order valence-electron chi connectivity index (χ1n) is 4.91. The summed E-state index contributed by atoms with van der Waals surface area (Å²) >= 11 is 0.806. The number of nitrogens with two attached hydrogens (primary N) is 2. The van der Waals surface area contributed by atoms with Gasteiger partial charge in [-0.2, -0.15) is 0 Å². The fraction of sp³-hybridized carbons (Fsp3) is 0. The van der Waals surface area contributed by atoms with Gasteiger partial charge in [-0.1, -0.05) is 0 Å². The highest BCUT2D eigenvalue weighted by Gasteiger charge is 2.18. The lowest BCUT2D eigenvalue weighted by molar-refractivity contribution is -0.388. The Morgan fingerprint density at radius 3 is 2.63 bits per heavy atom. The maximum absolute atomic E-state index is 11.2. The van der Waals surface area contributed by atoms with Crippen molar-refractivity contribution in [3.63, 3.8) is 0 Å². The second-order valence-electron chi connectivity index (χ2n) is 3.39. The highest BCUT2D eigenvalue weighted by Crippen LogP contribution is 2.31. The molecule has 9 nitrogen and oxygen atoms in total. The molecule has 0 unspecified atom stereocenters. The Bertz CT molecular complexity index is 701. The van der Waals surface area contributed by atoms with Gasteiger partial charge in [-0.3, -0.25) is 14.9 Å². The number of nitrogens with zero attached hydrogens (tertiary/aromatic N) is 3. The Balaban J connectivity index is 2.45. The number of pyridine rings is 1. The van der Waals surface area contributed by atoms with Gasteiger partial charge in [-0.15, -0.1) is 0 Å². The number of aromatic amines is 1. The number of H-pyrrole nitrogens is 1. The van der Waals surface area contributed by atoms with Crippen LogP contribution in [0.25, 0.3) is 0 Å². The van der Waals surface area contributed by atoms with E-state index < -0.39 is 10.5 Å². The SMILES string of the molecule is Nc1cc(=O)[nH]c(Sc2nc(N)ccc2[N+](=O)[O-])n1. The van der Waals surface area contributed by atoms with Gasteiger partial charge in [0.15, 0.2) is 10.2 Å². The van der Waals surface area contributed by atoms with Gasteiger partial charge in [-0.05, 0) is 17.8 Å². The van der Waals surface area contributed by atoms with Crippen LogP contribution in [0.3, 0.4) is 0 Å². The molecule has 0 fully saturated rings. The number of hydrogen-bond donors (Lipinski definition) is 3. The molecule has 0 radical (unpaired) electrons. The number of hydrogen-bond acceptors (Lipinski definition) is 8. The number of nitrogen functional groups attached to an aromatic ring is 2. The summed E-state index contributed by atoms with van der Waals surface area (Å²) in [4.78, 5) is 31.6. The van der Waals surface area contributed by atoms with E-state index in [0.29, 0.717) is 0 Å². The average molecular weight is 280 g/mol. The second kappa shape index (κ2) is 4.94. The second-order valence-corrected chi connectivity index (χ2v) is 4.37. The molecule has 0 aliphatic carbocycles. The number of aromatic nitrogens is 3. The van der Waals surface area contributed by atoms with Gasteiger partial charge >= 0.3 is 5.69 Å². The van der Waals surface area contributed by atoms with Crippen LogP contribution in [-0.4, -0.2) is 19.9 Å². The Labute approximate surface area is 110 Å². The highest BCUT2D eigenvalue weighted by molar-refractivity contribution is 7.99.